The summed E-state index contributed by atoms with van der Waals surface area (Å²) >= 11 is 12.1. The van der Waals surface area contributed by atoms with Crippen LogP contribution in [0, 0.1) is 0 Å². The van der Waals surface area contributed by atoms with Gasteiger partial charge < -0.3 is 15.3 Å². The maximum absolute atomic E-state index is 11.4. The zero-order valence-corrected chi connectivity index (χ0v) is 13.2. The first kappa shape index (κ1) is 15.8. The lowest BCUT2D eigenvalue weighted by atomic mass is 10.1. The molecule has 5 nitrogen and oxygen atoms in total. The summed E-state index contributed by atoms with van der Waals surface area (Å²) in [5, 5.41) is 13.9. The van der Waals surface area contributed by atoms with E-state index in [4.69, 9.17) is 23.2 Å². The summed E-state index contributed by atoms with van der Waals surface area (Å²) in [5.74, 6) is -1.03. The van der Waals surface area contributed by atoms with Crippen molar-refractivity contribution in [2.75, 3.05) is 32.5 Å². The number of halogens is 2. The Hall–Kier alpha value is -1.56. The van der Waals surface area contributed by atoms with Gasteiger partial charge in [0.05, 0.1) is 48.4 Å². The van der Waals surface area contributed by atoms with E-state index in [9.17, 15) is 9.90 Å². The minimum absolute atomic E-state index is 0.120. The molecule has 7 heteroatoms. The molecule has 0 unspecified atom stereocenters. The molecule has 1 heterocycles. The standard InChI is InChI=1S/C14H15Cl2N3O2/c1-19(2)6-5-17-12-8-3-4-10(15)11(16)13(8)18-7-9(12)14(20)21/h3-4,7H,5-6H2,1-2H3,(H,17,18)(H,20,21)/p+1. The smallest absolute Gasteiger partial charge is 0.339 e. The van der Waals surface area contributed by atoms with Crippen molar-refractivity contribution in [2.45, 2.75) is 0 Å². The number of hydrogen-bond donors (Lipinski definition) is 3. The van der Waals surface area contributed by atoms with Gasteiger partial charge in [-0.15, -0.1) is 0 Å². The van der Waals surface area contributed by atoms with Crippen molar-refractivity contribution in [1.29, 1.82) is 0 Å². The Morgan fingerprint density at radius 3 is 2.71 bits per heavy atom. The molecule has 0 aliphatic rings. The molecule has 21 heavy (non-hydrogen) atoms. The second-order valence-corrected chi connectivity index (χ2v) is 5.78. The molecule has 3 N–H and O–H groups in total. The minimum atomic E-state index is -1.03. The number of benzene rings is 1. The lowest BCUT2D eigenvalue weighted by molar-refractivity contribution is -0.856. The molecule has 0 fully saturated rings. The van der Waals surface area contributed by atoms with Gasteiger partial charge in [0, 0.05) is 11.6 Å². The number of fused-ring (bicyclic) bond motifs is 1. The third kappa shape index (κ3) is 3.37. The van der Waals surface area contributed by atoms with Crippen molar-refractivity contribution < 1.29 is 14.8 Å². The summed E-state index contributed by atoms with van der Waals surface area (Å²) < 4.78 is 0. The Balaban J connectivity index is 2.54. The van der Waals surface area contributed by atoms with Gasteiger partial charge in [0.2, 0.25) is 0 Å². The monoisotopic (exact) mass is 328 g/mol. The van der Waals surface area contributed by atoms with E-state index in [1.54, 1.807) is 12.1 Å². The number of carbonyl (C=O) groups is 1. The second kappa shape index (κ2) is 6.47. The van der Waals surface area contributed by atoms with Crippen LogP contribution in [0.2, 0.25) is 10.0 Å². The van der Waals surface area contributed by atoms with E-state index in [0.717, 1.165) is 6.54 Å². The van der Waals surface area contributed by atoms with E-state index < -0.39 is 5.97 Å². The third-order valence-electron chi connectivity index (χ3n) is 3.09. The molecular weight excluding hydrogens is 313 g/mol. The topological polar surface area (TPSA) is 66.7 Å². The summed E-state index contributed by atoms with van der Waals surface area (Å²) in [7, 11) is 4.06. The molecule has 0 spiro atoms. The number of carboxylic acids is 1. The number of aromatic nitrogens is 1. The Labute approximate surface area is 132 Å². The summed E-state index contributed by atoms with van der Waals surface area (Å²) in [5.41, 5.74) is 1.14. The van der Waals surface area contributed by atoms with Crippen LogP contribution in [0.25, 0.3) is 10.9 Å². The Bertz CT molecular complexity index is 689. The van der Waals surface area contributed by atoms with E-state index in [1.165, 1.54) is 11.1 Å². The highest BCUT2D eigenvalue weighted by Crippen LogP contribution is 2.34. The van der Waals surface area contributed by atoms with Crippen molar-refractivity contribution >= 4 is 45.8 Å². The summed E-state index contributed by atoms with van der Waals surface area (Å²) in [4.78, 5) is 16.8. The summed E-state index contributed by atoms with van der Waals surface area (Å²) in [6.45, 7) is 1.49. The first-order valence-electron chi connectivity index (χ1n) is 6.44. The third-order valence-corrected chi connectivity index (χ3v) is 3.88. The highest BCUT2D eigenvalue weighted by Gasteiger charge is 2.17. The minimum Gasteiger partial charge on any atom is -0.478 e. The maximum atomic E-state index is 11.4. The number of anilines is 1. The van der Waals surface area contributed by atoms with Crippen LogP contribution in [0.1, 0.15) is 10.4 Å². The van der Waals surface area contributed by atoms with Crippen LogP contribution in [0.15, 0.2) is 18.3 Å². The Kier molecular flexibility index (Phi) is 4.88. The van der Waals surface area contributed by atoms with Crippen molar-refractivity contribution in [3.8, 4) is 0 Å². The highest BCUT2D eigenvalue weighted by atomic mass is 35.5. The molecule has 0 radical (unpaired) electrons. The maximum Gasteiger partial charge on any atom is 0.339 e. The van der Waals surface area contributed by atoms with Gasteiger partial charge >= 0.3 is 5.97 Å². The molecule has 0 saturated heterocycles. The summed E-state index contributed by atoms with van der Waals surface area (Å²) in [6, 6.07) is 3.37. The fourth-order valence-corrected chi connectivity index (χ4v) is 2.36. The molecule has 1 aromatic heterocycles. The van der Waals surface area contributed by atoms with Gasteiger partial charge in [0.15, 0.2) is 0 Å². The predicted molar refractivity (Wildman–Crippen MR) is 84.9 cm³/mol. The Morgan fingerprint density at radius 1 is 1.38 bits per heavy atom. The van der Waals surface area contributed by atoms with Gasteiger partial charge in [0.25, 0.3) is 0 Å². The van der Waals surface area contributed by atoms with Crippen LogP contribution in [-0.2, 0) is 0 Å². The first-order chi connectivity index (χ1) is 9.91. The number of carboxylic acid groups (broad SMARTS) is 1. The number of quaternary nitrogens is 1. The number of nitrogens with one attached hydrogen (secondary N) is 2. The number of aromatic carboxylic acids is 1. The van der Waals surface area contributed by atoms with Gasteiger partial charge in [-0.3, -0.25) is 4.98 Å². The van der Waals surface area contributed by atoms with Crippen molar-refractivity contribution in [3.05, 3.63) is 33.9 Å². The predicted octanol–water partition coefficient (Wildman–Crippen LogP) is 1.80. The van der Waals surface area contributed by atoms with Gasteiger partial charge in [-0.25, -0.2) is 4.79 Å². The zero-order valence-electron chi connectivity index (χ0n) is 11.7. The lowest BCUT2D eigenvalue weighted by Gasteiger charge is -2.14. The summed E-state index contributed by atoms with van der Waals surface area (Å²) in [6.07, 6.45) is 1.30. The lowest BCUT2D eigenvalue weighted by Crippen LogP contribution is -3.06. The van der Waals surface area contributed by atoms with E-state index in [-0.39, 0.29) is 5.56 Å². The van der Waals surface area contributed by atoms with Crippen molar-refractivity contribution in [3.63, 3.8) is 0 Å². The molecule has 1 aromatic carbocycles. The quantitative estimate of drug-likeness (QED) is 0.783. The molecular formula is C14H16Cl2N3O2+. The number of rotatable bonds is 5. The van der Waals surface area contributed by atoms with Crippen LogP contribution in [0.4, 0.5) is 5.69 Å². The Morgan fingerprint density at radius 2 is 2.10 bits per heavy atom. The number of nitrogens with zero attached hydrogens (tertiary/aromatic N) is 1. The van der Waals surface area contributed by atoms with E-state index >= 15 is 0 Å². The SMILES string of the molecule is C[NH+](C)CCNc1c(C(=O)O)cnc2c(Cl)c(Cl)ccc12. The molecule has 0 saturated carbocycles. The van der Waals surface area contributed by atoms with Gasteiger partial charge in [-0.2, -0.15) is 0 Å². The molecule has 0 amide bonds. The van der Waals surface area contributed by atoms with Gasteiger partial charge in [-0.05, 0) is 12.1 Å². The van der Waals surface area contributed by atoms with Crippen molar-refractivity contribution in [1.82, 2.24) is 4.98 Å². The first-order valence-corrected chi connectivity index (χ1v) is 7.20. The zero-order chi connectivity index (χ0) is 15.6. The molecule has 112 valence electrons. The molecule has 0 atom stereocenters. The van der Waals surface area contributed by atoms with Gasteiger partial charge in [0.1, 0.15) is 5.56 Å². The van der Waals surface area contributed by atoms with Crippen molar-refractivity contribution in [2.24, 2.45) is 0 Å². The molecule has 0 bridgehead atoms. The van der Waals surface area contributed by atoms with Crippen LogP contribution >= 0.6 is 23.2 Å². The molecule has 2 rings (SSSR count). The molecule has 0 aliphatic carbocycles. The fourth-order valence-electron chi connectivity index (χ4n) is 2.00. The average molecular weight is 329 g/mol. The average Bonchev–Trinajstić information content (AvgIpc) is 2.42. The van der Waals surface area contributed by atoms with Gasteiger partial charge in [-0.1, -0.05) is 23.2 Å². The van der Waals surface area contributed by atoms with E-state index in [2.05, 4.69) is 10.3 Å². The molecule has 2 aromatic rings. The fraction of sp³-hybridized carbons (Fsp3) is 0.286. The van der Waals surface area contributed by atoms with Crippen LogP contribution in [0.3, 0.4) is 0 Å². The molecule has 0 aliphatic heterocycles. The van der Waals surface area contributed by atoms with Crippen LogP contribution in [-0.4, -0.2) is 43.2 Å². The van der Waals surface area contributed by atoms with Crippen LogP contribution < -0.4 is 10.2 Å². The normalized spacial score (nSPS) is 11.1. The van der Waals surface area contributed by atoms with E-state index in [1.807, 2.05) is 14.1 Å². The second-order valence-electron chi connectivity index (χ2n) is 4.99. The van der Waals surface area contributed by atoms with Crippen LogP contribution in [0.5, 0.6) is 0 Å². The highest BCUT2D eigenvalue weighted by molar-refractivity contribution is 6.45. The largest absolute Gasteiger partial charge is 0.478 e. The number of hydrogen-bond acceptors (Lipinski definition) is 3. The van der Waals surface area contributed by atoms with E-state index in [0.29, 0.717) is 33.2 Å². The number of pyridine rings is 1. The number of likely N-dealkylation sites (N-methyl/N-ethyl adjacent to an activating group) is 1.